The maximum atomic E-state index is 12.1. The highest BCUT2D eigenvalue weighted by atomic mass is 35.5. The van der Waals surface area contributed by atoms with Gasteiger partial charge in [-0.3, -0.25) is 4.79 Å². The smallest absolute Gasteiger partial charge is 0.242 e. The summed E-state index contributed by atoms with van der Waals surface area (Å²) in [5, 5.41) is 0.968. The van der Waals surface area contributed by atoms with E-state index >= 15 is 0 Å². The van der Waals surface area contributed by atoms with E-state index in [0.717, 1.165) is 19.3 Å². The summed E-state index contributed by atoms with van der Waals surface area (Å²) >= 11 is 11.8. The summed E-state index contributed by atoms with van der Waals surface area (Å²) in [7, 11) is 0. The predicted octanol–water partition coefficient (Wildman–Crippen LogP) is 2.89. The van der Waals surface area contributed by atoms with Gasteiger partial charge in [-0.25, -0.2) is 0 Å². The van der Waals surface area contributed by atoms with Crippen LogP contribution in [0.4, 0.5) is 0 Å². The number of ether oxygens (including phenoxy) is 1. The minimum Gasteiger partial charge on any atom is -0.488 e. The maximum absolute atomic E-state index is 12.1. The van der Waals surface area contributed by atoms with Crippen LogP contribution in [-0.2, 0) is 4.79 Å². The summed E-state index contributed by atoms with van der Waals surface area (Å²) in [4.78, 5) is 13.9. The largest absolute Gasteiger partial charge is 0.488 e. The molecule has 1 saturated heterocycles. The molecule has 0 aromatic heterocycles. The Morgan fingerprint density at radius 1 is 1.33 bits per heavy atom. The number of nitrogens with two attached hydrogens (primary N) is 1. The highest BCUT2D eigenvalue weighted by molar-refractivity contribution is 6.42. The van der Waals surface area contributed by atoms with Crippen molar-refractivity contribution in [1.82, 2.24) is 4.90 Å². The Labute approximate surface area is 139 Å². The van der Waals surface area contributed by atoms with Gasteiger partial charge in [0.1, 0.15) is 11.9 Å². The van der Waals surface area contributed by atoms with Gasteiger partial charge in [-0.15, -0.1) is 12.4 Å². The zero-order valence-electron chi connectivity index (χ0n) is 11.4. The SMILES string of the molecule is Cl.NC1(C(=O)N2CCC(Oc3ccc(Cl)c(Cl)c3)C2)CC1. The van der Waals surface area contributed by atoms with E-state index in [4.69, 9.17) is 33.7 Å². The molecule has 116 valence electrons. The van der Waals surface area contributed by atoms with E-state index in [-0.39, 0.29) is 24.4 Å². The molecule has 0 bridgehead atoms. The Morgan fingerprint density at radius 3 is 2.67 bits per heavy atom. The molecule has 1 heterocycles. The molecule has 4 nitrogen and oxygen atoms in total. The fourth-order valence-electron chi connectivity index (χ4n) is 2.41. The van der Waals surface area contributed by atoms with Crippen molar-refractivity contribution in [3.63, 3.8) is 0 Å². The number of hydrogen-bond donors (Lipinski definition) is 1. The summed E-state index contributed by atoms with van der Waals surface area (Å²) in [6, 6.07) is 5.18. The third-order valence-corrected chi connectivity index (χ3v) is 4.58. The van der Waals surface area contributed by atoms with Crippen molar-refractivity contribution in [3.05, 3.63) is 28.2 Å². The third kappa shape index (κ3) is 3.57. The van der Waals surface area contributed by atoms with Crippen molar-refractivity contribution in [2.75, 3.05) is 13.1 Å². The second-order valence-corrected chi connectivity index (χ2v) is 6.33. The van der Waals surface area contributed by atoms with Gasteiger partial charge in [0.15, 0.2) is 0 Å². The molecule has 1 amide bonds. The van der Waals surface area contributed by atoms with E-state index in [2.05, 4.69) is 0 Å². The number of carbonyl (C=O) groups excluding carboxylic acids is 1. The molecule has 1 aliphatic carbocycles. The molecule has 2 fully saturated rings. The molecule has 21 heavy (non-hydrogen) atoms. The first-order valence-corrected chi connectivity index (χ1v) is 7.43. The van der Waals surface area contributed by atoms with E-state index in [1.165, 1.54) is 0 Å². The molecule has 1 unspecified atom stereocenters. The number of amides is 1. The molecule has 1 saturated carbocycles. The first kappa shape index (κ1) is 16.7. The minimum atomic E-state index is -0.599. The highest BCUT2D eigenvalue weighted by Gasteiger charge is 2.49. The summed E-state index contributed by atoms with van der Waals surface area (Å²) in [6.45, 7) is 1.28. The summed E-state index contributed by atoms with van der Waals surface area (Å²) in [5.74, 6) is 0.727. The Morgan fingerprint density at radius 2 is 2.05 bits per heavy atom. The lowest BCUT2D eigenvalue weighted by Gasteiger charge is -2.20. The number of rotatable bonds is 3. The van der Waals surface area contributed by atoms with Crippen LogP contribution in [0, 0.1) is 0 Å². The van der Waals surface area contributed by atoms with E-state index < -0.39 is 5.54 Å². The van der Waals surface area contributed by atoms with Crippen LogP contribution in [0.25, 0.3) is 0 Å². The van der Waals surface area contributed by atoms with Gasteiger partial charge in [-0.1, -0.05) is 23.2 Å². The monoisotopic (exact) mass is 350 g/mol. The highest BCUT2D eigenvalue weighted by Crippen LogP contribution is 2.35. The van der Waals surface area contributed by atoms with Gasteiger partial charge in [0, 0.05) is 19.0 Å². The molecular formula is C14H17Cl3N2O2. The summed E-state index contributed by atoms with van der Waals surface area (Å²) < 4.78 is 5.85. The normalized spacial score (nSPS) is 22.6. The van der Waals surface area contributed by atoms with Crippen molar-refractivity contribution in [2.24, 2.45) is 5.73 Å². The molecule has 3 rings (SSSR count). The average molecular weight is 352 g/mol. The molecule has 1 aromatic rings. The second-order valence-electron chi connectivity index (χ2n) is 5.51. The van der Waals surface area contributed by atoms with Crippen molar-refractivity contribution in [3.8, 4) is 5.75 Å². The Hall–Kier alpha value is -0.680. The number of benzene rings is 1. The van der Waals surface area contributed by atoms with Crippen molar-refractivity contribution in [2.45, 2.75) is 30.9 Å². The minimum absolute atomic E-state index is 0. The summed E-state index contributed by atoms with van der Waals surface area (Å²) in [5.41, 5.74) is 5.34. The molecule has 1 atom stereocenters. The molecule has 0 spiro atoms. The number of likely N-dealkylation sites (tertiary alicyclic amines) is 1. The van der Waals surface area contributed by atoms with Crippen LogP contribution < -0.4 is 10.5 Å². The molecule has 1 aromatic carbocycles. The van der Waals surface area contributed by atoms with Crippen LogP contribution in [-0.4, -0.2) is 35.5 Å². The van der Waals surface area contributed by atoms with Crippen LogP contribution in [0.1, 0.15) is 19.3 Å². The molecule has 2 aliphatic rings. The van der Waals surface area contributed by atoms with Gasteiger partial charge < -0.3 is 15.4 Å². The first-order chi connectivity index (χ1) is 9.48. The van der Waals surface area contributed by atoms with Gasteiger partial charge in [0.2, 0.25) is 5.91 Å². The Kier molecular flexibility index (Phi) is 4.93. The predicted molar refractivity (Wildman–Crippen MR) is 85.5 cm³/mol. The van der Waals surface area contributed by atoms with Gasteiger partial charge in [-0.05, 0) is 25.0 Å². The second kappa shape index (κ2) is 6.21. The summed E-state index contributed by atoms with van der Waals surface area (Å²) in [6.07, 6.45) is 2.38. The zero-order chi connectivity index (χ0) is 14.3. The van der Waals surface area contributed by atoms with Gasteiger partial charge in [0.05, 0.1) is 22.1 Å². The van der Waals surface area contributed by atoms with Crippen LogP contribution in [0.3, 0.4) is 0 Å². The van der Waals surface area contributed by atoms with Crippen LogP contribution >= 0.6 is 35.6 Å². The van der Waals surface area contributed by atoms with Gasteiger partial charge in [-0.2, -0.15) is 0 Å². The standard InChI is InChI=1S/C14H16Cl2N2O2.ClH/c15-11-2-1-9(7-12(11)16)20-10-3-6-18(8-10)13(19)14(17)4-5-14;/h1-2,7,10H,3-6,8,17H2;1H. The Bertz CT molecular complexity index is 549. The fraction of sp³-hybridized carbons (Fsp3) is 0.500. The van der Waals surface area contributed by atoms with Crippen LogP contribution in [0.15, 0.2) is 18.2 Å². The lowest BCUT2D eigenvalue weighted by molar-refractivity contribution is -0.132. The number of hydrogen-bond acceptors (Lipinski definition) is 3. The zero-order valence-corrected chi connectivity index (χ0v) is 13.7. The molecular weight excluding hydrogens is 335 g/mol. The van der Waals surface area contributed by atoms with Gasteiger partial charge >= 0.3 is 0 Å². The fourth-order valence-corrected chi connectivity index (χ4v) is 2.70. The molecule has 1 aliphatic heterocycles. The number of carbonyl (C=O) groups is 1. The van der Waals surface area contributed by atoms with E-state index in [1.807, 2.05) is 0 Å². The van der Waals surface area contributed by atoms with Crippen molar-refractivity contribution in [1.29, 1.82) is 0 Å². The number of halogens is 3. The van der Waals surface area contributed by atoms with E-state index in [1.54, 1.807) is 23.1 Å². The molecule has 7 heteroatoms. The van der Waals surface area contributed by atoms with Gasteiger partial charge in [0.25, 0.3) is 0 Å². The van der Waals surface area contributed by atoms with Crippen molar-refractivity contribution >= 4 is 41.5 Å². The first-order valence-electron chi connectivity index (χ1n) is 6.68. The third-order valence-electron chi connectivity index (χ3n) is 3.84. The van der Waals surface area contributed by atoms with Crippen LogP contribution in [0.5, 0.6) is 5.75 Å². The van der Waals surface area contributed by atoms with E-state index in [0.29, 0.717) is 28.9 Å². The van der Waals surface area contributed by atoms with E-state index in [9.17, 15) is 4.79 Å². The maximum Gasteiger partial charge on any atom is 0.242 e. The Balaban J connectivity index is 0.00000161. The average Bonchev–Trinajstić information content (AvgIpc) is 3.00. The van der Waals surface area contributed by atoms with Crippen LogP contribution in [0.2, 0.25) is 10.0 Å². The quantitative estimate of drug-likeness (QED) is 0.911. The lowest BCUT2D eigenvalue weighted by atomic mass is 10.2. The topological polar surface area (TPSA) is 55.6 Å². The molecule has 0 radical (unpaired) electrons. The van der Waals surface area contributed by atoms with Crippen molar-refractivity contribution < 1.29 is 9.53 Å². The number of nitrogens with zero attached hydrogens (tertiary/aromatic N) is 1. The molecule has 2 N–H and O–H groups in total. The lowest BCUT2D eigenvalue weighted by Crippen LogP contribution is -2.45.